The summed E-state index contributed by atoms with van der Waals surface area (Å²) in [6.07, 6.45) is 3.52. The van der Waals surface area contributed by atoms with Gasteiger partial charge in [0.25, 0.3) is 5.56 Å². The van der Waals surface area contributed by atoms with Gasteiger partial charge in [-0.3, -0.25) is 14.3 Å². The highest BCUT2D eigenvalue weighted by molar-refractivity contribution is 5.72. The molecule has 0 spiro atoms. The van der Waals surface area contributed by atoms with E-state index in [2.05, 4.69) is 15.0 Å². The number of nitrogens with two attached hydrogens (primary N) is 1. The Kier molecular flexibility index (Phi) is 3.39. The van der Waals surface area contributed by atoms with Gasteiger partial charge in [-0.25, -0.2) is 4.98 Å². The number of fused-ring (bicyclic) bond motifs is 2. The number of hydrogen-bond acceptors (Lipinski definition) is 7. The van der Waals surface area contributed by atoms with Gasteiger partial charge in [-0.1, -0.05) is 0 Å². The molecule has 24 heavy (non-hydrogen) atoms. The molecule has 0 amide bonds. The zero-order valence-corrected chi connectivity index (χ0v) is 13.0. The smallest absolute Gasteiger partial charge is 0.275 e. The SMILES string of the molecule is COc1ccc2ncc(=O)n(-c3cnc4c(c3)OCC(N)C4)c2n1. The number of methoxy groups -OCH3 is 1. The van der Waals surface area contributed by atoms with Crippen LogP contribution in [-0.2, 0) is 6.42 Å². The van der Waals surface area contributed by atoms with E-state index in [1.54, 1.807) is 24.4 Å². The summed E-state index contributed by atoms with van der Waals surface area (Å²) in [6, 6.07) is 5.15. The van der Waals surface area contributed by atoms with E-state index < -0.39 is 0 Å². The number of pyridine rings is 2. The molecule has 0 fully saturated rings. The molecule has 4 rings (SSSR count). The molecule has 1 aliphatic rings. The molecule has 3 aromatic heterocycles. The van der Waals surface area contributed by atoms with Crippen molar-refractivity contribution in [3.63, 3.8) is 0 Å². The van der Waals surface area contributed by atoms with E-state index in [9.17, 15) is 4.79 Å². The van der Waals surface area contributed by atoms with E-state index in [0.29, 0.717) is 41.5 Å². The number of nitrogens with zero attached hydrogens (tertiary/aromatic N) is 4. The summed E-state index contributed by atoms with van der Waals surface area (Å²) in [5.41, 5.74) is 7.89. The molecule has 0 saturated carbocycles. The Bertz CT molecular complexity index is 985. The molecule has 0 radical (unpaired) electrons. The predicted octanol–water partition coefficient (Wildman–Crippen LogP) is 0.446. The van der Waals surface area contributed by atoms with E-state index in [1.807, 2.05) is 0 Å². The highest BCUT2D eigenvalue weighted by Gasteiger charge is 2.19. The Labute approximate surface area is 136 Å². The lowest BCUT2D eigenvalue weighted by Gasteiger charge is -2.22. The van der Waals surface area contributed by atoms with Gasteiger partial charge in [-0.15, -0.1) is 0 Å². The Morgan fingerprint density at radius 1 is 1.33 bits per heavy atom. The third kappa shape index (κ3) is 2.37. The summed E-state index contributed by atoms with van der Waals surface area (Å²) in [4.78, 5) is 25.2. The van der Waals surface area contributed by atoms with E-state index in [1.165, 1.54) is 17.9 Å². The highest BCUT2D eigenvalue weighted by Crippen LogP contribution is 2.25. The normalized spacial score (nSPS) is 16.5. The molecule has 0 saturated heterocycles. The molecule has 8 heteroatoms. The second kappa shape index (κ2) is 5.57. The predicted molar refractivity (Wildman–Crippen MR) is 86.7 cm³/mol. The molecule has 0 bridgehead atoms. The maximum atomic E-state index is 12.4. The molecule has 1 aliphatic heterocycles. The number of ether oxygens (including phenoxy) is 2. The number of hydrogen-bond donors (Lipinski definition) is 1. The molecule has 0 aromatic carbocycles. The largest absolute Gasteiger partial charge is 0.490 e. The average molecular weight is 325 g/mol. The zero-order valence-electron chi connectivity index (χ0n) is 13.0. The molecule has 0 aliphatic carbocycles. The lowest BCUT2D eigenvalue weighted by molar-refractivity contribution is 0.260. The monoisotopic (exact) mass is 325 g/mol. The van der Waals surface area contributed by atoms with Crippen molar-refractivity contribution in [1.29, 1.82) is 0 Å². The first kappa shape index (κ1) is 14.6. The molecule has 8 nitrogen and oxygen atoms in total. The molecule has 1 atom stereocenters. The molecule has 3 aromatic rings. The van der Waals surface area contributed by atoms with E-state index >= 15 is 0 Å². The van der Waals surface area contributed by atoms with Crippen molar-refractivity contribution in [3.05, 3.63) is 46.6 Å². The Balaban J connectivity index is 1.93. The summed E-state index contributed by atoms with van der Waals surface area (Å²) in [6.45, 7) is 0.427. The van der Waals surface area contributed by atoms with Crippen molar-refractivity contribution in [1.82, 2.24) is 19.5 Å². The van der Waals surface area contributed by atoms with Gasteiger partial charge < -0.3 is 15.2 Å². The fourth-order valence-electron chi connectivity index (χ4n) is 2.71. The highest BCUT2D eigenvalue weighted by atomic mass is 16.5. The van der Waals surface area contributed by atoms with Gasteiger partial charge in [-0.2, -0.15) is 4.98 Å². The Morgan fingerprint density at radius 3 is 3.04 bits per heavy atom. The van der Waals surface area contributed by atoms with Gasteiger partial charge >= 0.3 is 0 Å². The summed E-state index contributed by atoms with van der Waals surface area (Å²) < 4.78 is 12.2. The minimum Gasteiger partial charge on any atom is -0.490 e. The van der Waals surface area contributed by atoms with Crippen molar-refractivity contribution in [3.8, 4) is 17.3 Å². The summed E-state index contributed by atoms with van der Waals surface area (Å²) in [5.74, 6) is 1.03. The van der Waals surface area contributed by atoms with Crippen molar-refractivity contribution < 1.29 is 9.47 Å². The number of aromatic nitrogens is 4. The quantitative estimate of drug-likeness (QED) is 0.729. The van der Waals surface area contributed by atoms with Crippen LogP contribution >= 0.6 is 0 Å². The van der Waals surface area contributed by atoms with Gasteiger partial charge in [0.1, 0.15) is 17.9 Å². The van der Waals surface area contributed by atoms with Crippen LogP contribution in [0.4, 0.5) is 0 Å². The lowest BCUT2D eigenvalue weighted by Crippen LogP contribution is -2.34. The molecule has 2 N–H and O–H groups in total. The standard InChI is InChI=1S/C16H15N5O3/c1-23-14-3-2-11-16(20-14)21(15(22)7-19-11)10-5-13-12(18-6-10)4-9(17)8-24-13/h2-3,5-7,9H,4,8,17H2,1H3. The summed E-state index contributed by atoms with van der Waals surface area (Å²) >= 11 is 0. The Morgan fingerprint density at radius 2 is 2.21 bits per heavy atom. The summed E-state index contributed by atoms with van der Waals surface area (Å²) in [7, 11) is 1.52. The van der Waals surface area contributed by atoms with Crippen LogP contribution in [0, 0.1) is 0 Å². The minimum absolute atomic E-state index is 0.0637. The van der Waals surface area contributed by atoms with Crippen LogP contribution in [0.15, 0.2) is 35.4 Å². The van der Waals surface area contributed by atoms with Crippen LogP contribution in [0.2, 0.25) is 0 Å². The van der Waals surface area contributed by atoms with E-state index in [-0.39, 0.29) is 11.6 Å². The van der Waals surface area contributed by atoms with Crippen molar-refractivity contribution in [2.75, 3.05) is 13.7 Å². The molecule has 1 unspecified atom stereocenters. The second-order valence-electron chi connectivity index (χ2n) is 5.54. The summed E-state index contributed by atoms with van der Waals surface area (Å²) in [5, 5.41) is 0. The van der Waals surface area contributed by atoms with Crippen molar-refractivity contribution in [2.45, 2.75) is 12.5 Å². The molecule has 122 valence electrons. The average Bonchev–Trinajstić information content (AvgIpc) is 2.60. The topological polar surface area (TPSA) is 105 Å². The Hall–Kier alpha value is -3.00. The van der Waals surface area contributed by atoms with E-state index in [0.717, 1.165) is 5.69 Å². The fraction of sp³-hybridized carbons (Fsp3) is 0.250. The first-order valence-electron chi connectivity index (χ1n) is 7.46. The maximum Gasteiger partial charge on any atom is 0.275 e. The third-order valence-electron chi connectivity index (χ3n) is 3.87. The van der Waals surface area contributed by atoms with Crippen LogP contribution in [0.25, 0.3) is 16.9 Å². The fourth-order valence-corrected chi connectivity index (χ4v) is 2.71. The van der Waals surface area contributed by atoms with Gasteiger partial charge in [0, 0.05) is 24.6 Å². The minimum atomic E-state index is -0.308. The van der Waals surface area contributed by atoms with Crippen LogP contribution in [0.1, 0.15) is 5.69 Å². The van der Waals surface area contributed by atoms with Gasteiger partial charge in [-0.05, 0) is 6.07 Å². The first-order chi connectivity index (χ1) is 11.7. The van der Waals surface area contributed by atoms with Crippen LogP contribution in [-0.4, -0.2) is 39.3 Å². The molecular formula is C16H15N5O3. The van der Waals surface area contributed by atoms with Crippen molar-refractivity contribution >= 4 is 11.2 Å². The second-order valence-corrected chi connectivity index (χ2v) is 5.54. The number of rotatable bonds is 2. The third-order valence-corrected chi connectivity index (χ3v) is 3.87. The first-order valence-corrected chi connectivity index (χ1v) is 7.46. The van der Waals surface area contributed by atoms with Gasteiger partial charge in [0.15, 0.2) is 5.65 Å². The van der Waals surface area contributed by atoms with E-state index in [4.69, 9.17) is 15.2 Å². The maximum absolute atomic E-state index is 12.4. The molecule has 4 heterocycles. The van der Waals surface area contributed by atoms with Gasteiger partial charge in [0.05, 0.1) is 30.9 Å². The lowest BCUT2D eigenvalue weighted by atomic mass is 10.1. The van der Waals surface area contributed by atoms with Crippen LogP contribution in [0.5, 0.6) is 11.6 Å². The van der Waals surface area contributed by atoms with Crippen LogP contribution < -0.4 is 20.8 Å². The van der Waals surface area contributed by atoms with Crippen LogP contribution in [0.3, 0.4) is 0 Å². The molecular weight excluding hydrogens is 310 g/mol. The van der Waals surface area contributed by atoms with Gasteiger partial charge in [0.2, 0.25) is 5.88 Å². The zero-order chi connectivity index (χ0) is 16.7. The van der Waals surface area contributed by atoms with Crippen molar-refractivity contribution in [2.24, 2.45) is 5.73 Å².